The first-order valence-corrected chi connectivity index (χ1v) is 8.88. The molecular weight excluding hydrogens is 302 g/mol. The summed E-state index contributed by atoms with van der Waals surface area (Å²) in [5.74, 6) is 1.31. The van der Waals surface area contributed by atoms with Gasteiger partial charge in [-0.1, -0.05) is 27.7 Å². The molecule has 1 aromatic rings. The summed E-state index contributed by atoms with van der Waals surface area (Å²) in [6, 6.07) is 4.82. The molecule has 0 radical (unpaired) electrons. The Morgan fingerprint density at radius 3 is 1.95 bits per heavy atom. The number of sulfonamides is 1. The summed E-state index contributed by atoms with van der Waals surface area (Å²) >= 11 is 0. The normalized spacial score (nSPS) is 12.2. The number of ether oxygens (including phenoxy) is 2. The molecule has 0 aliphatic heterocycles. The molecule has 0 aliphatic rings. The monoisotopic (exact) mass is 329 g/mol. The van der Waals surface area contributed by atoms with E-state index in [0.717, 1.165) is 0 Å². The van der Waals surface area contributed by atoms with Crippen molar-refractivity contribution in [2.75, 3.05) is 27.3 Å². The van der Waals surface area contributed by atoms with Crippen LogP contribution in [-0.2, 0) is 10.0 Å². The molecule has 22 heavy (non-hydrogen) atoms. The van der Waals surface area contributed by atoms with Crippen LogP contribution in [0, 0.1) is 11.8 Å². The van der Waals surface area contributed by atoms with Crippen molar-refractivity contribution in [1.29, 1.82) is 0 Å². The van der Waals surface area contributed by atoms with E-state index in [1.165, 1.54) is 24.6 Å². The van der Waals surface area contributed by atoms with Crippen molar-refractivity contribution >= 4 is 10.0 Å². The molecule has 0 unspecified atom stereocenters. The lowest BCUT2D eigenvalue weighted by molar-refractivity contribution is 0.330. The molecule has 1 aromatic carbocycles. The Bertz CT molecular complexity index is 572. The summed E-state index contributed by atoms with van der Waals surface area (Å²) in [6.45, 7) is 8.97. The van der Waals surface area contributed by atoms with Crippen LogP contribution in [0.3, 0.4) is 0 Å². The lowest BCUT2D eigenvalue weighted by Crippen LogP contribution is -2.37. The summed E-state index contributed by atoms with van der Waals surface area (Å²) in [5.41, 5.74) is 0. The smallest absolute Gasteiger partial charge is 0.246 e. The second-order valence-electron chi connectivity index (χ2n) is 6.13. The van der Waals surface area contributed by atoms with E-state index < -0.39 is 10.0 Å². The summed E-state index contributed by atoms with van der Waals surface area (Å²) in [7, 11) is -0.658. The van der Waals surface area contributed by atoms with Crippen molar-refractivity contribution in [3.8, 4) is 11.5 Å². The summed E-state index contributed by atoms with van der Waals surface area (Å²) in [5, 5.41) is 0. The maximum absolute atomic E-state index is 13.0. The summed E-state index contributed by atoms with van der Waals surface area (Å²) in [6.07, 6.45) is 0. The van der Waals surface area contributed by atoms with Gasteiger partial charge < -0.3 is 9.47 Å². The zero-order chi connectivity index (χ0) is 16.9. The topological polar surface area (TPSA) is 55.8 Å². The van der Waals surface area contributed by atoms with E-state index in [0.29, 0.717) is 24.6 Å². The van der Waals surface area contributed by atoms with Crippen molar-refractivity contribution in [3.63, 3.8) is 0 Å². The minimum atomic E-state index is -3.64. The first-order chi connectivity index (χ1) is 10.2. The molecule has 6 heteroatoms. The number of nitrogens with zero attached hydrogens (tertiary/aromatic N) is 1. The third-order valence-electron chi connectivity index (χ3n) is 3.13. The Labute approximate surface area is 134 Å². The fourth-order valence-corrected chi connectivity index (χ4v) is 4.15. The van der Waals surface area contributed by atoms with Crippen molar-refractivity contribution in [3.05, 3.63) is 18.2 Å². The third kappa shape index (κ3) is 4.61. The molecule has 0 fully saturated rings. The highest BCUT2D eigenvalue weighted by Crippen LogP contribution is 2.31. The van der Waals surface area contributed by atoms with Crippen molar-refractivity contribution in [1.82, 2.24) is 4.31 Å². The summed E-state index contributed by atoms with van der Waals surface area (Å²) < 4.78 is 38.0. The van der Waals surface area contributed by atoms with Crippen molar-refractivity contribution in [2.45, 2.75) is 32.6 Å². The van der Waals surface area contributed by atoms with Crippen LogP contribution in [0.2, 0.25) is 0 Å². The lowest BCUT2D eigenvalue weighted by atomic mass is 10.2. The van der Waals surface area contributed by atoms with Crippen LogP contribution in [0.1, 0.15) is 27.7 Å². The van der Waals surface area contributed by atoms with Gasteiger partial charge in [-0.25, -0.2) is 8.42 Å². The van der Waals surface area contributed by atoms with Gasteiger partial charge >= 0.3 is 0 Å². The second-order valence-corrected chi connectivity index (χ2v) is 8.03. The number of hydrogen-bond donors (Lipinski definition) is 0. The van der Waals surface area contributed by atoms with Crippen LogP contribution in [-0.4, -0.2) is 40.0 Å². The Morgan fingerprint density at radius 1 is 1.00 bits per heavy atom. The van der Waals surface area contributed by atoms with Gasteiger partial charge in [-0.2, -0.15) is 4.31 Å². The molecule has 0 aromatic heterocycles. The summed E-state index contributed by atoms with van der Waals surface area (Å²) in [4.78, 5) is 0.149. The molecule has 126 valence electrons. The Morgan fingerprint density at radius 2 is 1.55 bits per heavy atom. The SMILES string of the molecule is COc1ccc(OC)c(S(=O)(=O)N(CC(C)C)CC(C)C)c1. The Kier molecular flexibility index (Phi) is 6.68. The fraction of sp³-hybridized carbons (Fsp3) is 0.625. The molecular formula is C16H27NO4S. The molecule has 0 saturated carbocycles. The van der Waals surface area contributed by atoms with Crippen LogP contribution in [0.25, 0.3) is 0 Å². The zero-order valence-electron chi connectivity index (χ0n) is 14.3. The average molecular weight is 329 g/mol. The van der Waals surface area contributed by atoms with Gasteiger partial charge in [-0.15, -0.1) is 0 Å². The van der Waals surface area contributed by atoms with Crippen LogP contribution < -0.4 is 9.47 Å². The number of rotatable bonds is 8. The number of hydrogen-bond acceptors (Lipinski definition) is 4. The van der Waals surface area contributed by atoms with Crippen LogP contribution >= 0.6 is 0 Å². The Balaban J connectivity index is 3.34. The van der Waals surface area contributed by atoms with Crippen LogP contribution in [0.15, 0.2) is 23.1 Å². The average Bonchev–Trinajstić information content (AvgIpc) is 2.44. The molecule has 0 atom stereocenters. The van der Waals surface area contributed by atoms with E-state index >= 15 is 0 Å². The molecule has 1 rings (SSSR count). The van der Waals surface area contributed by atoms with Gasteiger partial charge in [-0.3, -0.25) is 0 Å². The van der Waals surface area contributed by atoms with Gasteiger partial charge in [-0.05, 0) is 24.0 Å². The minimum Gasteiger partial charge on any atom is -0.497 e. The van der Waals surface area contributed by atoms with Gasteiger partial charge in [0.25, 0.3) is 0 Å². The molecule has 0 spiro atoms. The standard InChI is InChI=1S/C16H27NO4S/c1-12(2)10-17(11-13(3)4)22(18,19)16-9-14(20-5)7-8-15(16)21-6/h7-9,12-13H,10-11H2,1-6H3. The van der Waals surface area contributed by atoms with Crippen molar-refractivity contribution in [2.24, 2.45) is 11.8 Å². The zero-order valence-corrected chi connectivity index (χ0v) is 15.1. The first kappa shape index (κ1) is 18.8. The molecule has 0 bridgehead atoms. The number of methoxy groups -OCH3 is 2. The molecule has 0 amide bonds. The maximum atomic E-state index is 13.0. The highest BCUT2D eigenvalue weighted by molar-refractivity contribution is 7.89. The molecule has 0 heterocycles. The Hall–Kier alpha value is -1.27. The van der Waals surface area contributed by atoms with E-state index in [1.807, 2.05) is 27.7 Å². The highest BCUT2D eigenvalue weighted by Gasteiger charge is 2.29. The maximum Gasteiger partial charge on any atom is 0.246 e. The third-order valence-corrected chi connectivity index (χ3v) is 4.98. The predicted octanol–water partition coefficient (Wildman–Crippen LogP) is 3.01. The largest absolute Gasteiger partial charge is 0.497 e. The van der Waals surface area contributed by atoms with Gasteiger partial charge in [0.05, 0.1) is 14.2 Å². The first-order valence-electron chi connectivity index (χ1n) is 7.44. The van der Waals surface area contributed by atoms with Crippen LogP contribution in [0.4, 0.5) is 0 Å². The van der Waals surface area contributed by atoms with Crippen LogP contribution in [0.5, 0.6) is 11.5 Å². The highest BCUT2D eigenvalue weighted by atomic mass is 32.2. The van der Waals surface area contributed by atoms with E-state index in [4.69, 9.17) is 9.47 Å². The van der Waals surface area contributed by atoms with Gasteiger partial charge in [0, 0.05) is 19.2 Å². The number of benzene rings is 1. The van der Waals surface area contributed by atoms with E-state index in [-0.39, 0.29) is 16.7 Å². The van der Waals surface area contributed by atoms with E-state index in [9.17, 15) is 8.42 Å². The molecule has 0 saturated heterocycles. The lowest BCUT2D eigenvalue weighted by Gasteiger charge is -2.26. The van der Waals surface area contributed by atoms with Crippen molar-refractivity contribution < 1.29 is 17.9 Å². The van der Waals surface area contributed by atoms with Gasteiger partial charge in [0.2, 0.25) is 10.0 Å². The van der Waals surface area contributed by atoms with E-state index in [1.54, 1.807) is 12.1 Å². The molecule has 5 nitrogen and oxygen atoms in total. The minimum absolute atomic E-state index is 0.149. The fourth-order valence-electron chi connectivity index (χ4n) is 2.21. The van der Waals surface area contributed by atoms with Gasteiger partial charge in [0.15, 0.2) is 0 Å². The second kappa shape index (κ2) is 7.83. The predicted molar refractivity (Wildman–Crippen MR) is 88.0 cm³/mol. The van der Waals surface area contributed by atoms with Gasteiger partial charge in [0.1, 0.15) is 16.4 Å². The molecule has 0 aliphatic carbocycles. The quantitative estimate of drug-likeness (QED) is 0.736. The van der Waals surface area contributed by atoms with E-state index in [2.05, 4.69) is 0 Å². The molecule has 0 N–H and O–H groups in total.